The molecule has 0 atom stereocenters. The van der Waals surface area contributed by atoms with Crippen molar-refractivity contribution in [2.45, 2.75) is 0 Å². The maximum absolute atomic E-state index is 8.58. The van der Waals surface area contributed by atoms with Gasteiger partial charge in [0.15, 0.2) is 0 Å². The van der Waals surface area contributed by atoms with E-state index >= 15 is 0 Å². The maximum atomic E-state index is 8.58. The summed E-state index contributed by atoms with van der Waals surface area (Å²) in [5, 5.41) is 0. The predicted octanol–water partition coefficient (Wildman–Crippen LogP) is -7.27. The molecule has 0 aliphatic rings. The molecule has 0 bridgehead atoms. The van der Waals surface area contributed by atoms with Gasteiger partial charge in [-0.1, -0.05) is 0 Å². The molecular formula is CH3CaCl2NO. The first-order valence-corrected chi connectivity index (χ1v) is 0.569. The second-order valence-electron chi connectivity index (χ2n) is 0.136. The SMILES string of the molecule is NC=O.[Ca+2].[Cl-].[Cl-]. The third-order valence-corrected chi connectivity index (χ3v) is 0. The molecule has 0 aromatic rings. The van der Waals surface area contributed by atoms with E-state index in [1.165, 1.54) is 0 Å². The van der Waals surface area contributed by atoms with Gasteiger partial charge >= 0.3 is 37.7 Å². The third kappa shape index (κ3) is 57.5. The van der Waals surface area contributed by atoms with Gasteiger partial charge in [0.05, 0.1) is 0 Å². The van der Waals surface area contributed by atoms with Crippen molar-refractivity contribution in [1.82, 2.24) is 0 Å². The fraction of sp³-hybridized carbons (Fsp3) is 0. The third-order valence-electron chi connectivity index (χ3n) is 0. The smallest absolute Gasteiger partial charge is 1.00 e. The van der Waals surface area contributed by atoms with Gasteiger partial charge in [-0.2, -0.15) is 0 Å². The summed E-state index contributed by atoms with van der Waals surface area (Å²) in [7, 11) is 0. The Morgan fingerprint density at radius 2 is 1.33 bits per heavy atom. The first-order valence-electron chi connectivity index (χ1n) is 0.569. The van der Waals surface area contributed by atoms with Crippen LogP contribution in [0.3, 0.4) is 0 Å². The molecule has 0 saturated carbocycles. The Morgan fingerprint density at radius 3 is 1.33 bits per heavy atom. The molecule has 2 nitrogen and oxygen atoms in total. The zero-order chi connectivity index (χ0) is 2.71. The van der Waals surface area contributed by atoms with Gasteiger partial charge in [0.2, 0.25) is 6.41 Å². The summed E-state index contributed by atoms with van der Waals surface area (Å²) in [6.07, 6.45) is 0.250. The Morgan fingerprint density at radius 1 is 1.33 bits per heavy atom. The van der Waals surface area contributed by atoms with Crippen molar-refractivity contribution in [2.24, 2.45) is 5.73 Å². The minimum atomic E-state index is 0. The first kappa shape index (κ1) is 26.6. The van der Waals surface area contributed by atoms with Crippen LogP contribution in [0.2, 0.25) is 0 Å². The number of carbonyl (C=O) groups excluding carboxylic acids is 1. The molecule has 0 saturated heterocycles. The number of halogens is 2. The summed E-state index contributed by atoms with van der Waals surface area (Å²) in [6, 6.07) is 0. The van der Waals surface area contributed by atoms with Crippen molar-refractivity contribution in [3.8, 4) is 0 Å². The molecule has 0 aromatic heterocycles. The Kier molecular flexibility index (Phi) is 148. The van der Waals surface area contributed by atoms with Crippen LogP contribution in [-0.2, 0) is 4.79 Å². The average Bonchev–Trinajstić information content (AvgIpc) is 0.918. The van der Waals surface area contributed by atoms with Crippen molar-refractivity contribution >= 4 is 44.1 Å². The van der Waals surface area contributed by atoms with Gasteiger partial charge < -0.3 is 30.5 Å². The van der Waals surface area contributed by atoms with Gasteiger partial charge in [0.25, 0.3) is 0 Å². The first-order chi connectivity index (χ1) is 1.41. The van der Waals surface area contributed by atoms with Crippen LogP contribution in [0.5, 0.6) is 0 Å². The van der Waals surface area contributed by atoms with Crippen LogP contribution in [0.25, 0.3) is 0 Å². The molecule has 0 aromatic carbocycles. The summed E-state index contributed by atoms with van der Waals surface area (Å²) in [5.41, 5.74) is 4.17. The topological polar surface area (TPSA) is 43.1 Å². The van der Waals surface area contributed by atoms with Crippen molar-refractivity contribution in [3.63, 3.8) is 0 Å². The van der Waals surface area contributed by atoms with Gasteiger partial charge in [0, 0.05) is 0 Å². The molecule has 0 fully saturated rings. The molecule has 0 unspecified atom stereocenters. The molecule has 6 heavy (non-hydrogen) atoms. The average molecular weight is 156 g/mol. The molecule has 0 radical (unpaired) electrons. The van der Waals surface area contributed by atoms with Crippen molar-refractivity contribution in [1.29, 1.82) is 0 Å². The van der Waals surface area contributed by atoms with E-state index in [0.29, 0.717) is 0 Å². The number of primary amides is 1. The standard InChI is InChI=1S/CH3NO.Ca.2ClH/c2-1-3;;;/h1H,(H2,2,3);;2*1H/q;+2;;/p-2. The molecule has 0 spiro atoms. The summed E-state index contributed by atoms with van der Waals surface area (Å²) in [4.78, 5) is 8.58. The largest absolute Gasteiger partial charge is 2.00 e. The van der Waals surface area contributed by atoms with E-state index in [0.717, 1.165) is 0 Å². The van der Waals surface area contributed by atoms with E-state index in [2.05, 4.69) is 5.73 Å². The Hall–Kier alpha value is 1.31. The quantitative estimate of drug-likeness (QED) is 0.275. The molecule has 0 heterocycles. The van der Waals surface area contributed by atoms with E-state index < -0.39 is 0 Å². The van der Waals surface area contributed by atoms with Crippen LogP contribution in [0.1, 0.15) is 0 Å². The number of amides is 1. The normalized spacial score (nSPS) is 2.00. The summed E-state index contributed by atoms with van der Waals surface area (Å²) < 4.78 is 0. The van der Waals surface area contributed by atoms with Gasteiger partial charge in [-0.15, -0.1) is 0 Å². The fourth-order valence-corrected chi connectivity index (χ4v) is 0. The van der Waals surface area contributed by atoms with Gasteiger partial charge in [0.1, 0.15) is 0 Å². The molecule has 5 heteroatoms. The molecule has 0 aliphatic carbocycles. The maximum Gasteiger partial charge on any atom is 2.00 e. The van der Waals surface area contributed by atoms with Crippen LogP contribution < -0.4 is 30.5 Å². The van der Waals surface area contributed by atoms with Crippen molar-refractivity contribution < 1.29 is 29.6 Å². The number of nitrogens with two attached hydrogens (primary N) is 1. The van der Waals surface area contributed by atoms with Crippen LogP contribution in [0, 0.1) is 0 Å². The zero-order valence-corrected chi connectivity index (χ0v) is 6.75. The molecule has 2 N–H and O–H groups in total. The molecule has 0 rings (SSSR count). The molecule has 0 aliphatic heterocycles. The van der Waals surface area contributed by atoms with E-state index in [1.54, 1.807) is 0 Å². The van der Waals surface area contributed by atoms with Crippen LogP contribution in [-0.4, -0.2) is 44.1 Å². The Labute approximate surface area is 78.7 Å². The molecule has 1 amide bonds. The molecular weight excluding hydrogens is 153 g/mol. The number of hydrogen-bond acceptors (Lipinski definition) is 1. The van der Waals surface area contributed by atoms with Gasteiger partial charge in [-0.25, -0.2) is 0 Å². The number of carbonyl (C=O) groups is 1. The van der Waals surface area contributed by atoms with E-state index in [1.807, 2.05) is 0 Å². The van der Waals surface area contributed by atoms with Gasteiger partial charge in [-0.05, 0) is 0 Å². The van der Waals surface area contributed by atoms with E-state index in [-0.39, 0.29) is 69.0 Å². The predicted molar refractivity (Wildman–Crippen MR) is 16.0 cm³/mol. The van der Waals surface area contributed by atoms with Crippen molar-refractivity contribution in [2.75, 3.05) is 0 Å². The number of hydrogen-bond donors (Lipinski definition) is 1. The Bertz CT molecular complexity index is 21.0. The fourth-order valence-electron chi connectivity index (χ4n) is 0. The second-order valence-corrected chi connectivity index (χ2v) is 0.136. The Balaban J connectivity index is -0.00000000667. The summed E-state index contributed by atoms with van der Waals surface area (Å²) in [6.45, 7) is 0. The zero-order valence-electron chi connectivity index (χ0n) is 3.03. The second kappa shape index (κ2) is 33.3. The van der Waals surface area contributed by atoms with Crippen molar-refractivity contribution in [3.05, 3.63) is 0 Å². The van der Waals surface area contributed by atoms with E-state index in [9.17, 15) is 0 Å². The monoisotopic (exact) mass is 155 g/mol. The van der Waals surface area contributed by atoms with Crippen LogP contribution in [0.4, 0.5) is 0 Å². The van der Waals surface area contributed by atoms with E-state index in [4.69, 9.17) is 4.79 Å². The summed E-state index contributed by atoms with van der Waals surface area (Å²) in [5.74, 6) is 0. The minimum Gasteiger partial charge on any atom is -1.00 e. The van der Waals surface area contributed by atoms with Crippen LogP contribution >= 0.6 is 0 Å². The van der Waals surface area contributed by atoms with Gasteiger partial charge in [-0.3, -0.25) is 4.79 Å². The van der Waals surface area contributed by atoms with Crippen LogP contribution in [0.15, 0.2) is 0 Å². The molecule has 34 valence electrons. The summed E-state index contributed by atoms with van der Waals surface area (Å²) >= 11 is 0. The minimum absolute atomic E-state index is 0. The number of rotatable bonds is 0.